The van der Waals surface area contributed by atoms with Gasteiger partial charge in [-0.05, 0) is 49.2 Å². The van der Waals surface area contributed by atoms with E-state index in [9.17, 15) is 9.18 Å². The lowest BCUT2D eigenvalue weighted by Gasteiger charge is -2.32. The van der Waals surface area contributed by atoms with Crippen molar-refractivity contribution in [1.82, 2.24) is 10.2 Å². The molecule has 6 nitrogen and oxygen atoms in total. The molecule has 1 aliphatic rings. The van der Waals surface area contributed by atoms with E-state index in [1.807, 2.05) is 6.07 Å². The molecule has 0 radical (unpaired) electrons. The maximum Gasteiger partial charge on any atom is 0.224 e. The molecule has 2 aromatic rings. The summed E-state index contributed by atoms with van der Waals surface area (Å²) < 4.78 is 29.3. The second-order valence-corrected chi connectivity index (χ2v) is 7.41. The summed E-state index contributed by atoms with van der Waals surface area (Å²) in [4.78, 5) is 15.1. The Morgan fingerprint density at radius 3 is 2.47 bits per heavy atom. The Morgan fingerprint density at radius 1 is 1.07 bits per heavy atom. The van der Waals surface area contributed by atoms with Gasteiger partial charge in [0.15, 0.2) is 11.5 Å². The average molecular weight is 416 g/mol. The van der Waals surface area contributed by atoms with Gasteiger partial charge in [-0.25, -0.2) is 4.39 Å². The Hall–Kier alpha value is -2.80. The number of likely N-dealkylation sites (tertiary alicyclic amines) is 1. The molecule has 7 heteroatoms. The standard InChI is InChI=1S/C23H29FN2O4/c1-28-20-11-8-17(21(29-2)22(20)30-3)13-25-23(27)18-5-4-12-26(15-18)14-16-6-9-19(24)10-7-16/h6-11,18H,4-5,12-15H2,1-3H3,(H,25,27)/t18-/m0/s1. The van der Waals surface area contributed by atoms with Crippen LogP contribution in [-0.4, -0.2) is 45.2 Å². The summed E-state index contributed by atoms with van der Waals surface area (Å²) in [5.41, 5.74) is 1.87. The van der Waals surface area contributed by atoms with Gasteiger partial charge in [0.25, 0.3) is 0 Å². The Balaban J connectivity index is 1.60. The third-order valence-corrected chi connectivity index (χ3v) is 5.43. The smallest absolute Gasteiger partial charge is 0.224 e. The predicted octanol–water partition coefficient (Wildman–Crippen LogP) is 3.38. The van der Waals surface area contributed by atoms with Crippen molar-refractivity contribution in [1.29, 1.82) is 0 Å². The molecule has 0 unspecified atom stereocenters. The van der Waals surface area contributed by atoms with Gasteiger partial charge in [0.2, 0.25) is 11.7 Å². The maximum atomic E-state index is 13.1. The number of ether oxygens (including phenoxy) is 3. The fourth-order valence-electron chi connectivity index (χ4n) is 3.89. The first kappa shape index (κ1) is 21.9. The summed E-state index contributed by atoms with van der Waals surface area (Å²) >= 11 is 0. The van der Waals surface area contributed by atoms with E-state index in [-0.39, 0.29) is 17.6 Å². The molecule has 1 fully saturated rings. The summed E-state index contributed by atoms with van der Waals surface area (Å²) in [7, 11) is 4.69. The van der Waals surface area contributed by atoms with Crippen LogP contribution in [0.2, 0.25) is 0 Å². The van der Waals surface area contributed by atoms with Gasteiger partial charge in [0.1, 0.15) is 5.82 Å². The maximum absolute atomic E-state index is 13.1. The Morgan fingerprint density at radius 2 is 1.80 bits per heavy atom. The van der Waals surface area contributed by atoms with E-state index >= 15 is 0 Å². The predicted molar refractivity (Wildman–Crippen MR) is 112 cm³/mol. The lowest BCUT2D eigenvalue weighted by Crippen LogP contribution is -2.42. The number of halogens is 1. The Labute approximate surface area is 176 Å². The van der Waals surface area contributed by atoms with Crippen LogP contribution in [0.4, 0.5) is 4.39 Å². The number of hydrogen-bond acceptors (Lipinski definition) is 5. The van der Waals surface area contributed by atoms with Gasteiger partial charge >= 0.3 is 0 Å². The number of carbonyl (C=O) groups excluding carboxylic acids is 1. The second-order valence-electron chi connectivity index (χ2n) is 7.41. The van der Waals surface area contributed by atoms with Crippen molar-refractivity contribution in [3.05, 3.63) is 53.3 Å². The fourth-order valence-corrected chi connectivity index (χ4v) is 3.89. The van der Waals surface area contributed by atoms with E-state index in [2.05, 4.69) is 10.2 Å². The molecular formula is C23H29FN2O4. The van der Waals surface area contributed by atoms with E-state index in [4.69, 9.17) is 14.2 Å². The van der Waals surface area contributed by atoms with Crippen LogP contribution in [-0.2, 0) is 17.9 Å². The second kappa shape index (κ2) is 10.3. The van der Waals surface area contributed by atoms with Crippen LogP contribution in [0.5, 0.6) is 17.2 Å². The van der Waals surface area contributed by atoms with Gasteiger partial charge in [-0.3, -0.25) is 9.69 Å². The molecule has 3 rings (SSSR count). The molecule has 1 saturated heterocycles. The van der Waals surface area contributed by atoms with Crippen molar-refractivity contribution in [2.45, 2.75) is 25.9 Å². The largest absolute Gasteiger partial charge is 0.493 e. The van der Waals surface area contributed by atoms with Crippen LogP contribution >= 0.6 is 0 Å². The number of nitrogens with one attached hydrogen (secondary N) is 1. The molecule has 1 N–H and O–H groups in total. The highest BCUT2D eigenvalue weighted by Gasteiger charge is 2.26. The van der Waals surface area contributed by atoms with Gasteiger partial charge in [0.05, 0.1) is 27.2 Å². The van der Waals surface area contributed by atoms with E-state index in [0.717, 1.165) is 30.5 Å². The highest BCUT2D eigenvalue weighted by molar-refractivity contribution is 5.79. The lowest BCUT2D eigenvalue weighted by molar-refractivity contribution is -0.126. The van der Waals surface area contributed by atoms with E-state index in [1.54, 1.807) is 39.5 Å². The molecule has 0 aromatic heterocycles. The summed E-state index contributed by atoms with van der Waals surface area (Å²) in [6.45, 7) is 2.68. The number of nitrogens with zero attached hydrogens (tertiary/aromatic N) is 1. The minimum atomic E-state index is -0.236. The molecule has 1 heterocycles. The number of methoxy groups -OCH3 is 3. The van der Waals surface area contributed by atoms with Crippen LogP contribution < -0.4 is 19.5 Å². The van der Waals surface area contributed by atoms with Crippen LogP contribution in [0.15, 0.2) is 36.4 Å². The molecule has 0 aliphatic carbocycles. The summed E-state index contributed by atoms with van der Waals surface area (Å²) in [5.74, 6) is 1.35. The third-order valence-electron chi connectivity index (χ3n) is 5.43. The van der Waals surface area contributed by atoms with Crippen molar-refractivity contribution in [2.75, 3.05) is 34.4 Å². The SMILES string of the molecule is COc1ccc(CNC(=O)[C@H]2CCCN(Cc3ccc(F)cc3)C2)c(OC)c1OC. The molecule has 162 valence electrons. The number of rotatable bonds is 8. The molecule has 0 saturated carbocycles. The van der Waals surface area contributed by atoms with Crippen LogP contribution in [0.3, 0.4) is 0 Å². The van der Waals surface area contributed by atoms with Crippen molar-refractivity contribution in [2.24, 2.45) is 5.92 Å². The van der Waals surface area contributed by atoms with Gasteiger partial charge in [0, 0.05) is 25.2 Å². The first-order chi connectivity index (χ1) is 14.5. The van der Waals surface area contributed by atoms with Crippen LogP contribution in [0.25, 0.3) is 0 Å². The quantitative estimate of drug-likeness (QED) is 0.715. The Bertz CT molecular complexity index is 857. The van der Waals surface area contributed by atoms with Gasteiger partial charge in [-0.2, -0.15) is 0 Å². The zero-order chi connectivity index (χ0) is 21.5. The minimum Gasteiger partial charge on any atom is -0.493 e. The van der Waals surface area contributed by atoms with Crippen LogP contribution in [0.1, 0.15) is 24.0 Å². The number of piperidine rings is 1. The first-order valence-corrected chi connectivity index (χ1v) is 10.1. The van der Waals surface area contributed by atoms with E-state index < -0.39 is 0 Å². The molecule has 1 amide bonds. The zero-order valence-electron chi connectivity index (χ0n) is 17.7. The monoisotopic (exact) mass is 416 g/mol. The number of hydrogen-bond donors (Lipinski definition) is 1. The molecule has 30 heavy (non-hydrogen) atoms. The molecule has 1 atom stereocenters. The van der Waals surface area contributed by atoms with Gasteiger partial charge in [-0.1, -0.05) is 12.1 Å². The molecule has 0 spiro atoms. The summed E-state index contributed by atoms with van der Waals surface area (Å²) in [6, 6.07) is 10.2. The van der Waals surface area contributed by atoms with E-state index in [1.165, 1.54) is 12.1 Å². The van der Waals surface area contributed by atoms with E-state index in [0.29, 0.717) is 36.9 Å². The summed E-state index contributed by atoms with van der Waals surface area (Å²) in [6.07, 6.45) is 1.81. The summed E-state index contributed by atoms with van der Waals surface area (Å²) in [5, 5.41) is 3.03. The number of benzene rings is 2. The lowest BCUT2D eigenvalue weighted by atomic mass is 9.96. The zero-order valence-corrected chi connectivity index (χ0v) is 17.7. The normalized spacial score (nSPS) is 16.7. The van der Waals surface area contributed by atoms with Crippen molar-refractivity contribution in [3.63, 3.8) is 0 Å². The molecule has 1 aliphatic heterocycles. The number of amides is 1. The highest BCUT2D eigenvalue weighted by Crippen LogP contribution is 2.39. The van der Waals surface area contributed by atoms with Crippen LogP contribution in [0, 0.1) is 11.7 Å². The van der Waals surface area contributed by atoms with Gasteiger partial charge < -0.3 is 19.5 Å². The van der Waals surface area contributed by atoms with Crippen molar-refractivity contribution in [3.8, 4) is 17.2 Å². The third kappa shape index (κ3) is 5.21. The minimum absolute atomic E-state index is 0.0237. The fraction of sp³-hybridized carbons (Fsp3) is 0.435. The number of carbonyl (C=O) groups is 1. The topological polar surface area (TPSA) is 60.0 Å². The van der Waals surface area contributed by atoms with Gasteiger partial charge in [-0.15, -0.1) is 0 Å². The Kier molecular flexibility index (Phi) is 7.52. The molecule has 0 bridgehead atoms. The van der Waals surface area contributed by atoms with Crippen molar-refractivity contribution < 1.29 is 23.4 Å². The highest BCUT2D eigenvalue weighted by atomic mass is 19.1. The van der Waals surface area contributed by atoms with Crippen molar-refractivity contribution >= 4 is 5.91 Å². The molecular weight excluding hydrogens is 387 g/mol. The average Bonchev–Trinajstić information content (AvgIpc) is 2.78. The first-order valence-electron chi connectivity index (χ1n) is 10.1. The molecule has 2 aromatic carbocycles.